The van der Waals surface area contributed by atoms with Gasteiger partial charge in [0, 0.05) is 18.1 Å². The number of hydrogen-bond acceptors (Lipinski definition) is 5. The molecule has 0 radical (unpaired) electrons. The van der Waals surface area contributed by atoms with Gasteiger partial charge in [-0.1, -0.05) is 11.4 Å². The van der Waals surface area contributed by atoms with Crippen LogP contribution in [0.15, 0.2) is 6.20 Å². The third-order valence-electron chi connectivity index (χ3n) is 1.76. The van der Waals surface area contributed by atoms with Crippen LogP contribution in [0, 0.1) is 5.92 Å². The highest BCUT2D eigenvalue weighted by molar-refractivity contribution is 7.10. The molecule has 0 saturated heterocycles. The van der Waals surface area contributed by atoms with Crippen LogP contribution in [0.5, 0.6) is 0 Å². The molecule has 72 valence electrons. The van der Waals surface area contributed by atoms with Gasteiger partial charge in [-0.15, -0.1) is 5.10 Å². The van der Waals surface area contributed by atoms with Crippen LogP contribution in [0.25, 0.3) is 0 Å². The minimum absolute atomic E-state index is 0.0592. The molecule has 1 rings (SSSR count). The van der Waals surface area contributed by atoms with Gasteiger partial charge in [-0.3, -0.25) is 4.79 Å². The Morgan fingerprint density at radius 3 is 3.08 bits per heavy atom. The van der Waals surface area contributed by atoms with Crippen molar-refractivity contribution < 1.29 is 4.79 Å². The summed E-state index contributed by atoms with van der Waals surface area (Å²) in [5.41, 5.74) is 5.42. The van der Waals surface area contributed by atoms with E-state index in [2.05, 4.69) is 14.9 Å². The normalized spacial score (nSPS) is 12.5. The van der Waals surface area contributed by atoms with E-state index in [1.165, 1.54) is 6.20 Å². The number of carbonyl (C=O) groups excluding carboxylic acids is 1. The van der Waals surface area contributed by atoms with E-state index >= 15 is 0 Å². The third kappa shape index (κ3) is 2.74. The second kappa shape index (κ2) is 4.88. The summed E-state index contributed by atoms with van der Waals surface area (Å²) >= 11 is 1.16. The van der Waals surface area contributed by atoms with Crippen molar-refractivity contribution in [2.24, 2.45) is 11.7 Å². The van der Waals surface area contributed by atoms with Crippen LogP contribution in [0.4, 0.5) is 5.00 Å². The fourth-order valence-electron chi connectivity index (χ4n) is 0.905. The number of nitrogens with zero attached hydrogens (tertiary/aromatic N) is 2. The largest absolute Gasteiger partial charge is 0.330 e. The summed E-state index contributed by atoms with van der Waals surface area (Å²) in [5.74, 6) is -0.182. The van der Waals surface area contributed by atoms with Gasteiger partial charge >= 0.3 is 0 Å². The monoisotopic (exact) mass is 200 g/mol. The first-order valence-electron chi connectivity index (χ1n) is 4.06. The summed E-state index contributed by atoms with van der Waals surface area (Å²) in [4.78, 5) is 11.4. The fraction of sp³-hybridized carbons (Fsp3) is 0.571. The molecule has 1 aromatic rings. The molecule has 6 heteroatoms. The minimum atomic E-state index is -0.123. The summed E-state index contributed by atoms with van der Waals surface area (Å²) in [6.07, 6.45) is 2.26. The van der Waals surface area contributed by atoms with E-state index in [1.807, 2.05) is 6.92 Å². The van der Waals surface area contributed by atoms with Crippen molar-refractivity contribution in [2.75, 3.05) is 11.9 Å². The molecule has 0 fully saturated rings. The number of nitrogens with one attached hydrogen (secondary N) is 1. The lowest BCUT2D eigenvalue weighted by atomic mass is 10.1. The number of rotatable bonds is 4. The SMILES string of the molecule is CCC(CN)C(=O)Nc1cnns1. The van der Waals surface area contributed by atoms with E-state index in [-0.39, 0.29) is 11.8 Å². The highest BCUT2D eigenvalue weighted by Gasteiger charge is 2.14. The Morgan fingerprint density at radius 2 is 2.62 bits per heavy atom. The predicted molar refractivity (Wildman–Crippen MR) is 51.4 cm³/mol. The van der Waals surface area contributed by atoms with Gasteiger partial charge in [0.25, 0.3) is 0 Å². The summed E-state index contributed by atoms with van der Waals surface area (Å²) < 4.78 is 3.63. The van der Waals surface area contributed by atoms with Gasteiger partial charge in [-0.2, -0.15) is 0 Å². The molecule has 1 atom stereocenters. The van der Waals surface area contributed by atoms with Crippen molar-refractivity contribution in [1.82, 2.24) is 9.59 Å². The second-order valence-corrected chi connectivity index (χ2v) is 3.40. The van der Waals surface area contributed by atoms with E-state index in [9.17, 15) is 4.79 Å². The minimum Gasteiger partial charge on any atom is -0.330 e. The van der Waals surface area contributed by atoms with Crippen LogP contribution in [0.3, 0.4) is 0 Å². The number of aromatic nitrogens is 2. The van der Waals surface area contributed by atoms with Gasteiger partial charge in [0.05, 0.1) is 12.1 Å². The number of amides is 1. The Morgan fingerprint density at radius 1 is 1.85 bits per heavy atom. The number of carbonyl (C=O) groups is 1. The quantitative estimate of drug-likeness (QED) is 0.740. The summed E-state index contributed by atoms with van der Waals surface area (Å²) in [6, 6.07) is 0. The molecule has 13 heavy (non-hydrogen) atoms. The van der Waals surface area contributed by atoms with Gasteiger partial charge < -0.3 is 11.1 Å². The van der Waals surface area contributed by atoms with Crippen LogP contribution < -0.4 is 11.1 Å². The zero-order valence-electron chi connectivity index (χ0n) is 7.36. The molecule has 0 aliphatic heterocycles. The zero-order chi connectivity index (χ0) is 9.68. The van der Waals surface area contributed by atoms with E-state index in [0.29, 0.717) is 11.5 Å². The van der Waals surface area contributed by atoms with Gasteiger partial charge in [0.15, 0.2) is 0 Å². The molecule has 0 saturated carbocycles. The molecule has 0 bridgehead atoms. The highest BCUT2D eigenvalue weighted by atomic mass is 32.1. The standard InChI is InChI=1S/C7H12N4OS/c1-2-5(3-8)7(12)10-6-4-9-11-13-6/h4-5H,2-3,8H2,1H3,(H,10,12). The first kappa shape index (κ1) is 10.1. The Bertz CT molecular complexity index is 257. The molecule has 3 N–H and O–H groups in total. The summed E-state index contributed by atoms with van der Waals surface area (Å²) in [5, 5.41) is 6.97. The second-order valence-electron chi connectivity index (χ2n) is 2.61. The lowest BCUT2D eigenvalue weighted by Crippen LogP contribution is -2.28. The van der Waals surface area contributed by atoms with Gasteiger partial charge in [0.2, 0.25) is 5.91 Å². The molecular formula is C7H12N4OS. The van der Waals surface area contributed by atoms with Crippen LogP contribution in [-0.4, -0.2) is 22.0 Å². The van der Waals surface area contributed by atoms with Crippen molar-refractivity contribution in [2.45, 2.75) is 13.3 Å². The van der Waals surface area contributed by atoms with Gasteiger partial charge in [0.1, 0.15) is 5.00 Å². The smallest absolute Gasteiger partial charge is 0.229 e. The average Bonchev–Trinajstić information content (AvgIpc) is 2.59. The predicted octanol–water partition coefficient (Wildman–Crippen LogP) is 0.461. The van der Waals surface area contributed by atoms with Crippen LogP contribution in [0.2, 0.25) is 0 Å². The maximum absolute atomic E-state index is 11.4. The van der Waals surface area contributed by atoms with Crippen molar-refractivity contribution >= 4 is 22.4 Å². The van der Waals surface area contributed by atoms with E-state index < -0.39 is 0 Å². The molecule has 1 amide bonds. The number of nitrogens with two attached hydrogens (primary N) is 1. The number of anilines is 1. The van der Waals surface area contributed by atoms with E-state index in [4.69, 9.17) is 5.73 Å². The first-order chi connectivity index (χ1) is 6.27. The first-order valence-corrected chi connectivity index (χ1v) is 4.83. The molecule has 1 aromatic heterocycles. The average molecular weight is 200 g/mol. The molecule has 1 unspecified atom stereocenters. The maximum atomic E-state index is 11.4. The van der Waals surface area contributed by atoms with Crippen molar-refractivity contribution in [1.29, 1.82) is 0 Å². The van der Waals surface area contributed by atoms with E-state index in [0.717, 1.165) is 18.0 Å². The lowest BCUT2D eigenvalue weighted by Gasteiger charge is -2.10. The van der Waals surface area contributed by atoms with Crippen LogP contribution in [0.1, 0.15) is 13.3 Å². The Kier molecular flexibility index (Phi) is 3.78. The lowest BCUT2D eigenvalue weighted by molar-refractivity contribution is -0.119. The van der Waals surface area contributed by atoms with E-state index in [1.54, 1.807) is 0 Å². The van der Waals surface area contributed by atoms with Gasteiger partial charge in [-0.05, 0) is 6.42 Å². The topological polar surface area (TPSA) is 80.9 Å². The van der Waals surface area contributed by atoms with Crippen LogP contribution >= 0.6 is 11.5 Å². The molecule has 5 nitrogen and oxygen atoms in total. The number of hydrogen-bond donors (Lipinski definition) is 2. The molecule has 0 aliphatic carbocycles. The molecule has 0 aromatic carbocycles. The Balaban J connectivity index is 2.49. The zero-order valence-corrected chi connectivity index (χ0v) is 8.17. The Hall–Kier alpha value is -1.01. The van der Waals surface area contributed by atoms with Crippen LogP contribution in [-0.2, 0) is 4.79 Å². The molecular weight excluding hydrogens is 188 g/mol. The van der Waals surface area contributed by atoms with Crippen molar-refractivity contribution in [3.63, 3.8) is 0 Å². The fourth-order valence-corrected chi connectivity index (χ4v) is 1.33. The summed E-state index contributed by atoms with van der Waals surface area (Å²) in [6.45, 7) is 2.30. The third-order valence-corrected chi connectivity index (χ3v) is 2.34. The molecule has 0 aliphatic rings. The van der Waals surface area contributed by atoms with Gasteiger partial charge in [-0.25, -0.2) is 0 Å². The molecule has 0 spiro atoms. The maximum Gasteiger partial charge on any atom is 0.229 e. The highest BCUT2D eigenvalue weighted by Crippen LogP contribution is 2.11. The summed E-state index contributed by atoms with van der Waals surface area (Å²) in [7, 11) is 0. The van der Waals surface area contributed by atoms with Crippen molar-refractivity contribution in [3.05, 3.63) is 6.20 Å². The Labute approximate surface area is 80.5 Å². The van der Waals surface area contributed by atoms with Crippen molar-refractivity contribution in [3.8, 4) is 0 Å². The molecule has 1 heterocycles.